The van der Waals surface area contributed by atoms with Crippen LogP contribution in [0.15, 0.2) is 199 Å². The summed E-state index contributed by atoms with van der Waals surface area (Å²) in [5, 5.41) is 13.7. The van der Waals surface area contributed by atoms with Crippen molar-refractivity contribution in [3.8, 4) is 39.9 Å². The van der Waals surface area contributed by atoms with Gasteiger partial charge in [-0.15, -0.1) is 0 Å². The molecular weight excluding hydrogens is 733 g/mol. The Morgan fingerprint density at radius 2 is 0.917 bits per heavy atom. The third-order valence-electron chi connectivity index (χ3n) is 12.2. The highest BCUT2D eigenvalue weighted by Gasteiger charge is 2.22. The number of furan rings is 1. The molecule has 3 heterocycles. The summed E-state index contributed by atoms with van der Waals surface area (Å²) in [4.78, 5) is 16.3. The summed E-state index contributed by atoms with van der Waals surface area (Å²) in [6, 6.07) is 68.7. The van der Waals surface area contributed by atoms with Crippen LogP contribution in [0.3, 0.4) is 0 Å². The van der Waals surface area contributed by atoms with E-state index in [2.05, 4.69) is 193 Å². The van der Waals surface area contributed by atoms with Gasteiger partial charge >= 0.3 is 0 Å². The third kappa shape index (κ3) is 4.96. The standard InChI is InChI=1S/C55H32N4O/c1-2-12-33(13-3-1)40-28-38-18-8-9-19-41(38)46(31-40)54-56-53(39-24-27-49-44(30-39)45-29-36-16-4-5-17-37(36)32-50(45)60-49)57-55(58-54)59-47-25-22-34-14-6-10-20-42(34)51(47)52-43-21-11-7-15-35(43)23-26-48(52)59/h1-32H. The van der Waals surface area contributed by atoms with Gasteiger partial charge in [-0.25, -0.2) is 4.98 Å². The van der Waals surface area contributed by atoms with Crippen LogP contribution < -0.4 is 0 Å². The van der Waals surface area contributed by atoms with Gasteiger partial charge in [0.25, 0.3) is 0 Å². The van der Waals surface area contributed by atoms with Gasteiger partial charge in [0.15, 0.2) is 11.6 Å². The van der Waals surface area contributed by atoms with Crippen LogP contribution in [-0.4, -0.2) is 19.5 Å². The molecule has 0 fully saturated rings. The van der Waals surface area contributed by atoms with Crippen LogP contribution in [0.4, 0.5) is 0 Å². The van der Waals surface area contributed by atoms with Gasteiger partial charge in [-0.3, -0.25) is 4.57 Å². The van der Waals surface area contributed by atoms with Gasteiger partial charge in [0.1, 0.15) is 11.2 Å². The van der Waals surface area contributed by atoms with Gasteiger partial charge in [0.2, 0.25) is 5.95 Å². The summed E-state index contributed by atoms with van der Waals surface area (Å²) in [6.07, 6.45) is 0. The van der Waals surface area contributed by atoms with Crippen LogP contribution >= 0.6 is 0 Å². The summed E-state index contributed by atoms with van der Waals surface area (Å²) in [5.74, 6) is 1.74. The van der Waals surface area contributed by atoms with Gasteiger partial charge < -0.3 is 4.42 Å². The molecule has 0 saturated heterocycles. The molecule has 5 heteroatoms. The zero-order chi connectivity index (χ0) is 39.3. The van der Waals surface area contributed by atoms with E-state index in [1.54, 1.807) is 0 Å². The molecule has 0 bridgehead atoms. The van der Waals surface area contributed by atoms with Gasteiger partial charge in [-0.2, -0.15) is 9.97 Å². The molecule has 0 spiro atoms. The minimum absolute atomic E-state index is 0.554. The van der Waals surface area contributed by atoms with Gasteiger partial charge in [-0.05, 0) is 109 Å². The minimum Gasteiger partial charge on any atom is -0.456 e. The average molecular weight is 765 g/mol. The Hall–Kier alpha value is -8.15. The van der Waals surface area contributed by atoms with Crippen LogP contribution in [0.5, 0.6) is 0 Å². The zero-order valence-corrected chi connectivity index (χ0v) is 32.2. The van der Waals surface area contributed by atoms with E-state index in [0.717, 1.165) is 71.4 Å². The minimum atomic E-state index is 0.554. The molecule has 0 amide bonds. The Labute approximate surface area is 343 Å². The molecule has 60 heavy (non-hydrogen) atoms. The molecule has 0 atom stereocenters. The van der Waals surface area contributed by atoms with Crippen LogP contribution in [0.25, 0.3) is 127 Å². The predicted octanol–water partition coefficient (Wildman–Crippen LogP) is 14.5. The van der Waals surface area contributed by atoms with Gasteiger partial charge in [0, 0.05) is 32.7 Å². The Balaban J connectivity index is 1.14. The quantitative estimate of drug-likeness (QED) is 0.179. The first-order valence-corrected chi connectivity index (χ1v) is 20.3. The lowest BCUT2D eigenvalue weighted by Crippen LogP contribution is -2.06. The molecule has 0 saturated carbocycles. The number of hydrogen-bond donors (Lipinski definition) is 0. The maximum absolute atomic E-state index is 6.44. The van der Waals surface area contributed by atoms with E-state index >= 15 is 0 Å². The fourth-order valence-electron chi connectivity index (χ4n) is 9.37. The fourth-order valence-corrected chi connectivity index (χ4v) is 9.37. The zero-order valence-electron chi connectivity index (χ0n) is 32.2. The molecule has 3 aromatic heterocycles. The van der Waals surface area contributed by atoms with E-state index in [-0.39, 0.29) is 0 Å². The van der Waals surface area contributed by atoms with E-state index in [1.807, 2.05) is 6.07 Å². The molecule has 0 radical (unpaired) electrons. The molecule has 278 valence electrons. The van der Waals surface area contributed by atoms with Gasteiger partial charge in [-0.1, -0.05) is 140 Å². The van der Waals surface area contributed by atoms with Crippen molar-refractivity contribution in [2.24, 2.45) is 0 Å². The second kappa shape index (κ2) is 12.7. The van der Waals surface area contributed by atoms with Gasteiger partial charge in [0.05, 0.1) is 11.0 Å². The fraction of sp³-hybridized carbons (Fsp3) is 0. The first-order chi connectivity index (χ1) is 29.7. The molecule has 0 unspecified atom stereocenters. The van der Waals surface area contributed by atoms with E-state index in [4.69, 9.17) is 19.4 Å². The summed E-state index contributed by atoms with van der Waals surface area (Å²) in [5.41, 5.74) is 7.79. The Kier molecular flexibility index (Phi) is 6.95. The van der Waals surface area contributed by atoms with Crippen LogP contribution in [0.2, 0.25) is 0 Å². The summed E-state index contributed by atoms with van der Waals surface area (Å²) < 4.78 is 8.68. The Morgan fingerprint density at radius 1 is 0.333 bits per heavy atom. The molecule has 13 aromatic rings. The maximum Gasteiger partial charge on any atom is 0.238 e. The van der Waals surface area contributed by atoms with Crippen molar-refractivity contribution in [2.45, 2.75) is 0 Å². The summed E-state index contributed by atoms with van der Waals surface area (Å²) in [6.45, 7) is 0. The van der Waals surface area contributed by atoms with Crippen molar-refractivity contribution in [2.75, 3.05) is 0 Å². The topological polar surface area (TPSA) is 56.7 Å². The second-order valence-electron chi connectivity index (χ2n) is 15.6. The maximum atomic E-state index is 6.44. The number of benzene rings is 10. The highest BCUT2D eigenvalue weighted by molar-refractivity contribution is 6.28. The van der Waals surface area contributed by atoms with Crippen LogP contribution in [0.1, 0.15) is 0 Å². The third-order valence-corrected chi connectivity index (χ3v) is 12.2. The van der Waals surface area contributed by atoms with E-state index < -0.39 is 0 Å². The lowest BCUT2D eigenvalue weighted by molar-refractivity contribution is 0.669. The normalized spacial score (nSPS) is 12.0. The number of fused-ring (bicyclic) bond motifs is 12. The smallest absolute Gasteiger partial charge is 0.238 e. The lowest BCUT2D eigenvalue weighted by Gasteiger charge is -2.14. The summed E-state index contributed by atoms with van der Waals surface area (Å²) in [7, 11) is 0. The molecule has 0 N–H and O–H groups in total. The van der Waals surface area contributed by atoms with Crippen molar-refractivity contribution in [3.05, 3.63) is 194 Å². The number of rotatable bonds is 4. The molecule has 13 rings (SSSR count). The van der Waals surface area contributed by atoms with Crippen molar-refractivity contribution >= 4 is 86.8 Å². The number of hydrogen-bond acceptors (Lipinski definition) is 4. The molecule has 0 aliphatic heterocycles. The average Bonchev–Trinajstić information content (AvgIpc) is 3.85. The summed E-state index contributed by atoms with van der Waals surface area (Å²) >= 11 is 0. The predicted molar refractivity (Wildman–Crippen MR) is 248 cm³/mol. The van der Waals surface area contributed by atoms with E-state index in [9.17, 15) is 0 Å². The van der Waals surface area contributed by atoms with Crippen molar-refractivity contribution < 1.29 is 4.42 Å². The number of nitrogens with zero attached hydrogens (tertiary/aromatic N) is 4. The van der Waals surface area contributed by atoms with Crippen molar-refractivity contribution in [1.82, 2.24) is 19.5 Å². The molecule has 5 nitrogen and oxygen atoms in total. The number of aromatic nitrogens is 4. The molecule has 0 aliphatic rings. The van der Waals surface area contributed by atoms with Crippen molar-refractivity contribution in [3.63, 3.8) is 0 Å². The monoisotopic (exact) mass is 764 g/mol. The van der Waals surface area contributed by atoms with E-state index in [1.165, 1.54) is 37.7 Å². The Bertz CT molecular complexity index is 3810. The molecular formula is C55H32N4O. The highest BCUT2D eigenvalue weighted by atomic mass is 16.3. The van der Waals surface area contributed by atoms with E-state index in [0.29, 0.717) is 17.6 Å². The second-order valence-corrected chi connectivity index (χ2v) is 15.6. The van der Waals surface area contributed by atoms with Crippen molar-refractivity contribution in [1.29, 1.82) is 0 Å². The lowest BCUT2D eigenvalue weighted by atomic mass is 9.96. The van der Waals surface area contributed by atoms with Crippen LogP contribution in [-0.2, 0) is 0 Å². The molecule has 0 aliphatic carbocycles. The first kappa shape index (κ1) is 32.9. The first-order valence-electron chi connectivity index (χ1n) is 20.3. The SMILES string of the molecule is c1ccc(-c2cc(-c3nc(-c4ccc5oc6cc7ccccc7cc6c5c4)nc(-n4c5ccc6ccccc6c5c5c6ccccc6ccc54)n3)c3ccccc3c2)cc1. The molecule has 10 aromatic carbocycles. The largest absolute Gasteiger partial charge is 0.456 e. The Morgan fingerprint density at radius 3 is 1.63 bits per heavy atom. The highest BCUT2D eigenvalue weighted by Crippen LogP contribution is 2.42. The van der Waals surface area contributed by atoms with Crippen LogP contribution in [0, 0.1) is 0 Å².